The standard InChI is InChI=1S/C18H27FN2O2/c1-20(2)16(14-8-4-5-9-15(14)19)17(22)21(3)13-12-18(23)10-6-7-11-18/h4-5,8-9,16,23H,6-7,10-13H2,1-3H3/t16-/m1/s1. The third-order valence-corrected chi connectivity index (χ3v) is 4.77. The summed E-state index contributed by atoms with van der Waals surface area (Å²) in [7, 11) is 5.26. The van der Waals surface area contributed by atoms with Gasteiger partial charge in [0.2, 0.25) is 5.91 Å². The summed E-state index contributed by atoms with van der Waals surface area (Å²) in [6.07, 6.45) is 4.28. The molecular formula is C18H27FN2O2. The van der Waals surface area contributed by atoms with Crippen molar-refractivity contribution in [2.75, 3.05) is 27.7 Å². The van der Waals surface area contributed by atoms with E-state index in [0.29, 0.717) is 18.5 Å². The molecule has 0 radical (unpaired) electrons. The maximum Gasteiger partial charge on any atom is 0.244 e. The third-order valence-electron chi connectivity index (χ3n) is 4.77. The van der Waals surface area contributed by atoms with Gasteiger partial charge in [0.15, 0.2) is 0 Å². The van der Waals surface area contributed by atoms with E-state index in [0.717, 1.165) is 25.7 Å². The van der Waals surface area contributed by atoms with E-state index in [4.69, 9.17) is 0 Å². The molecule has 0 aromatic heterocycles. The Morgan fingerprint density at radius 3 is 2.43 bits per heavy atom. The van der Waals surface area contributed by atoms with E-state index in [1.54, 1.807) is 49.1 Å². The monoisotopic (exact) mass is 322 g/mol. The largest absolute Gasteiger partial charge is 0.390 e. The summed E-state index contributed by atoms with van der Waals surface area (Å²) in [4.78, 5) is 16.1. The Morgan fingerprint density at radius 2 is 1.87 bits per heavy atom. The molecule has 0 unspecified atom stereocenters. The Bertz CT molecular complexity index is 542. The Morgan fingerprint density at radius 1 is 1.26 bits per heavy atom. The molecule has 0 aliphatic heterocycles. The number of nitrogens with zero attached hydrogens (tertiary/aromatic N) is 2. The van der Waals surface area contributed by atoms with Crippen LogP contribution in [0, 0.1) is 5.82 Å². The van der Waals surface area contributed by atoms with Gasteiger partial charge in [-0.3, -0.25) is 9.69 Å². The minimum atomic E-state index is -0.653. The van der Waals surface area contributed by atoms with Crippen LogP contribution in [-0.2, 0) is 4.79 Å². The van der Waals surface area contributed by atoms with Gasteiger partial charge in [-0.05, 0) is 39.4 Å². The van der Waals surface area contributed by atoms with Gasteiger partial charge in [-0.25, -0.2) is 4.39 Å². The van der Waals surface area contributed by atoms with E-state index >= 15 is 0 Å². The molecule has 1 N–H and O–H groups in total. The summed E-state index contributed by atoms with van der Waals surface area (Å²) in [6.45, 7) is 0.480. The van der Waals surface area contributed by atoms with Crippen LogP contribution >= 0.6 is 0 Å². The number of benzene rings is 1. The van der Waals surface area contributed by atoms with Gasteiger partial charge < -0.3 is 10.0 Å². The lowest BCUT2D eigenvalue weighted by Crippen LogP contribution is -2.41. The molecule has 0 heterocycles. The fraction of sp³-hybridized carbons (Fsp3) is 0.611. The fourth-order valence-electron chi connectivity index (χ4n) is 3.31. The summed E-state index contributed by atoms with van der Waals surface area (Å²) in [5.41, 5.74) is -0.255. The fourth-order valence-corrected chi connectivity index (χ4v) is 3.31. The lowest BCUT2D eigenvalue weighted by Gasteiger charge is -2.31. The molecule has 1 fully saturated rings. The topological polar surface area (TPSA) is 43.8 Å². The number of rotatable bonds is 6. The Kier molecular flexibility index (Phi) is 5.76. The van der Waals surface area contributed by atoms with Gasteiger partial charge in [-0.1, -0.05) is 31.0 Å². The second-order valence-electron chi connectivity index (χ2n) is 6.83. The van der Waals surface area contributed by atoms with E-state index in [-0.39, 0.29) is 11.7 Å². The van der Waals surface area contributed by atoms with Crippen LogP contribution in [0.5, 0.6) is 0 Å². The predicted octanol–water partition coefficient (Wildman–Crippen LogP) is 2.58. The summed E-state index contributed by atoms with van der Waals surface area (Å²) in [5, 5.41) is 10.4. The molecule has 0 saturated heterocycles. The first-order valence-electron chi connectivity index (χ1n) is 8.22. The lowest BCUT2D eigenvalue weighted by molar-refractivity contribution is -0.135. The third kappa shape index (κ3) is 4.30. The van der Waals surface area contributed by atoms with Gasteiger partial charge in [-0.2, -0.15) is 0 Å². The van der Waals surface area contributed by atoms with E-state index in [9.17, 15) is 14.3 Å². The zero-order valence-electron chi connectivity index (χ0n) is 14.3. The molecule has 1 atom stereocenters. The van der Waals surface area contributed by atoms with Crippen molar-refractivity contribution in [2.45, 2.75) is 43.7 Å². The second kappa shape index (κ2) is 7.41. The molecular weight excluding hydrogens is 295 g/mol. The minimum Gasteiger partial charge on any atom is -0.390 e. The van der Waals surface area contributed by atoms with Crippen molar-refractivity contribution in [1.29, 1.82) is 0 Å². The van der Waals surface area contributed by atoms with Crippen molar-refractivity contribution in [3.8, 4) is 0 Å². The molecule has 1 saturated carbocycles. The van der Waals surface area contributed by atoms with Crippen molar-refractivity contribution < 1.29 is 14.3 Å². The molecule has 0 bridgehead atoms. The first-order chi connectivity index (χ1) is 10.8. The quantitative estimate of drug-likeness (QED) is 0.875. The molecule has 0 spiro atoms. The summed E-state index contributed by atoms with van der Waals surface area (Å²) in [5.74, 6) is -0.524. The molecule has 1 aliphatic rings. The summed E-state index contributed by atoms with van der Waals surface area (Å²) in [6, 6.07) is 5.73. The molecule has 4 nitrogen and oxygen atoms in total. The van der Waals surface area contributed by atoms with Crippen LogP contribution in [0.3, 0.4) is 0 Å². The zero-order valence-corrected chi connectivity index (χ0v) is 14.3. The van der Waals surface area contributed by atoms with Crippen LogP contribution in [-0.4, -0.2) is 54.1 Å². The van der Waals surface area contributed by atoms with Gasteiger partial charge in [0, 0.05) is 19.2 Å². The highest BCUT2D eigenvalue weighted by molar-refractivity contribution is 5.83. The van der Waals surface area contributed by atoms with Crippen molar-refractivity contribution in [3.63, 3.8) is 0 Å². The molecule has 2 rings (SSSR count). The van der Waals surface area contributed by atoms with Crippen molar-refractivity contribution >= 4 is 5.91 Å². The van der Waals surface area contributed by atoms with Crippen molar-refractivity contribution in [2.24, 2.45) is 0 Å². The SMILES string of the molecule is CN(CCC1(O)CCCC1)C(=O)[C@@H](c1ccccc1F)N(C)C. The highest BCUT2D eigenvalue weighted by atomic mass is 19.1. The highest BCUT2D eigenvalue weighted by Gasteiger charge is 2.33. The van der Waals surface area contributed by atoms with E-state index < -0.39 is 11.6 Å². The van der Waals surface area contributed by atoms with Crippen LogP contribution in [0.25, 0.3) is 0 Å². The van der Waals surface area contributed by atoms with E-state index in [1.807, 2.05) is 0 Å². The van der Waals surface area contributed by atoms with Gasteiger partial charge in [0.1, 0.15) is 11.9 Å². The number of carbonyl (C=O) groups is 1. The Hall–Kier alpha value is -1.46. The number of hydrogen-bond acceptors (Lipinski definition) is 3. The van der Waals surface area contributed by atoms with Gasteiger partial charge in [0.25, 0.3) is 0 Å². The molecule has 1 aromatic rings. The Labute approximate surface area is 137 Å². The van der Waals surface area contributed by atoms with E-state index in [1.165, 1.54) is 6.07 Å². The van der Waals surface area contributed by atoms with Gasteiger partial charge in [0.05, 0.1) is 5.60 Å². The van der Waals surface area contributed by atoms with Gasteiger partial charge >= 0.3 is 0 Å². The second-order valence-corrected chi connectivity index (χ2v) is 6.83. The average Bonchev–Trinajstić information content (AvgIpc) is 2.94. The van der Waals surface area contributed by atoms with Crippen LogP contribution in [0.1, 0.15) is 43.7 Å². The van der Waals surface area contributed by atoms with Crippen molar-refractivity contribution in [1.82, 2.24) is 9.80 Å². The molecule has 1 aliphatic carbocycles. The van der Waals surface area contributed by atoms with Crippen molar-refractivity contribution in [3.05, 3.63) is 35.6 Å². The predicted molar refractivity (Wildman–Crippen MR) is 88.5 cm³/mol. The molecule has 128 valence electrons. The number of likely N-dealkylation sites (N-methyl/N-ethyl adjacent to an activating group) is 2. The lowest BCUT2D eigenvalue weighted by atomic mass is 9.97. The molecule has 1 aromatic carbocycles. The first kappa shape index (κ1) is 17.9. The average molecular weight is 322 g/mol. The van der Waals surface area contributed by atoms with Gasteiger partial charge in [-0.15, -0.1) is 0 Å². The highest BCUT2D eigenvalue weighted by Crippen LogP contribution is 2.32. The number of hydrogen-bond donors (Lipinski definition) is 1. The van der Waals surface area contributed by atoms with E-state index in [2.05, 4.69) is 0 Å². The normalized spacial score (nSPS) is 18.2. The number of halogens is 1. The number of carbonyl (C=O) groups excluding carboxylic acids is 1. The summed E-state index contributed by atoms with van der Waals surface area (Å²) >= 11 is 0. The molecule has 23 heavy (non-hydrogen) atoms. The Balaban J connectivity index is 2.07. The first-order valence-corrected chi connectivity index (χ1v) is 8.22. The zero-order chi connectivity index (χ0) is 17.0. The van der Waals surface area contributed by atoms with Crippen LogP contribution in [0.4, 0.5) is 4.39 Å². The maximum absolute atomic E-state index is 14.1. The van der Waals surface area contributed by atoms with Crippen LogP contribution in [0.15, 0.2) is 24.3 Å². The minimum absolute atomic E-state index is 0.151. The number of aliphatic hydroxyl groups is 1. The summed E-state index contributed by atoms with van der Waals surface area (Å²) < 4.78 is 14.1. The maximum atomic E-state index is 14.1. The molecule has 1 amide bonds. The molecule has 5 heteroatoms. The van der Waals surface area contributed by atoms with Crippen LogP contribution < -0.4 is 0 Å². The number of amides is 1. The van der Waals surface area contributed by atoms with Crippen LogP contribution in [0.2, 0.25) is 0 Å². The smallest absolute Gasteiger partial charge is 0.244 e.